The molecule has 2 N–H and O–H groups in total. The van der Waals surface area contributed by atoms with Crippen LogP contribution in [0.2, 0.25) is 0 Å². The maximum Gasteiger partial charge on any atom is 0.227 e. The van der Waals surface area contributed by atoms with Crippen LogP contribution in [0.1, 0.15) is 25.2 Å². The van der Waals surface area contributed by atoms with Crippen LogP contribution in [0.15, 0.2) is 28.7 Å². The second-order valence-electron chi connectivity index (χ2n) is 5.28. The summed E-state index contributed by atoms with van der Waals surface area (Å²) < 4.78 is 5.77. The molecule has 1 amide bonds. The Morgan fingerprint density at radius 2 is 1.95 bits per heavy atom. The zero-order valence-electron chi connectivity index (χ0n) is 13.1. The number of fused-ring (bicyclic) bond motifs is 1. The van der Waals surface area contributed by atoms with Crippen LogP contribution in [0.25, 0.3) is 11.0 Å². The van der Waals surface area contributed by atoms with Gasteiger partial charge < -0.3 is 15.1 Å². The molecule has 0 bridgehead atoms. The summed E-state index contributed by atoms with van der Waals surface area (Å²) in [6.07, 6.45) is 0.634. The number of hydrogen-bond donors (Lipinski definition) is 1. The number of carbonyl (C=O) groups is 1. The van der Waals surface area contributed by atoms with Crippen LogP contribution in [0.5, 0.6) is 0 Å². The van der Waals surface area contributed by atoms with E-state index in [1.54, 1.807) is 0 Å². The summed E-state index contributed by atoms with van der Waals surface area (Å²) in [4.78, 5) is 14.4. The highest BCUT2D eigenvalue weighted by atomic mass is 16.3. The molecule has 1 aromatic heterocycles. The molecule has 0 radical (unpaired) electrons. The number of nitrogens with two attached hydrogens (primary N) is 1. The third-order valence-corrected chi connectivity index (χ3v) is 4.06. The topological polar surface area (TPSA) is 59.5 Å². The van der Waals surface area contributed by atoms with Crippen molar-refractivity contribution < 1.29 is 9.21 Å². The van der Waals surface area contributed by atoms with Gasteiger partial charge in [-0.25, -0.2) is 0 Å². The van der Waals surface area contributed by atoms with Crippen LogP contribution in [0.3, 0.4) is 0 Å². The molecule has 0 fully saturated rings. The molecule has 114 valence electrons. The number of furan rings is 1. The Labute approximate surface area is 125 Å². The first-order valence-corrected chi connectivity index (χ1v) is 7.58. The Morgan fingerprint density at radius 3 is 2.57 bits per heavy atom. The average Bonchev–Trinajstić information content (AvgIpc) is 2.81. The maximum atomic E-state index is 12.5. The van der Waals surface area contributed by atoms with E-state index in [-0.39, 0.29) is 11.8 Å². The van der Waals surface area contributed by atoms with Gasteiger partial charge in [-0.3, -0.25) is 4.79 Å². The molecule has 21 heavy (non-hydrogen) atoms. The zero-order valence-corrected chi connectivity index (χ0v) is 13.1. The number of para-hydroxylation sites is 1. The lowest BCUT2D eigenvalue weighted by molar-refractivity contribution is -0.134. The van der Waals surface area contributed by atoms with E-state index in [9.17, 15) is 4.79 Å². The molecule has 0 saturated carbocycles. The molecule has 1 heterocycles. The fourth-order valence-corrected chi connectivity index (χ4v) is 2.79. The van der Waals surface area contributed by atoms with Gasteiger partial charge in [0.25, 0.3) is 0 Å². The standard InChI is InChI=1S/C17H24N2O2/c1-4-19(5-2)17(20)13(11-18)10-15-12(3)21-16-9-7-6-8-14(15)16/h6-9,13H,4-5,10-11,18H2,1-3H3. The number of benzene rings is 1. The lowest BCUT2D eigenvalue weighted by atomic mass is 9.96. The first kappa shape index (κ1) is 15.6. The number of amides is 1. The van der Waals surface area contributed by atoms with Gasteiger partial charge in [-0.05, 0) is 33.3 Å². The molecule has 0 aliphatic heterocycles. The maximum absolute atomic E-state index is 12.5. The van der Waals surface area contributed by atoms with E-state index >= 15 is 0 Å². The Balaban J connectivity index is 2.28. The Morgan fingerprint density at radius 1 is 1.29 bits per heavy atom. The molecule has 4 heteroatoms. The number of carbonyl (C=O) groups excluding carboxylic acids is 1. The predicted octanol–water partition coefficient (Wildman–Crippen LogP) is 2.73. The van der Waals surface area contributed by atoms with Crippen molar-refractivity contribution in [2.75, 3.05) is 19.6 Å². The van der Waals surface area contributed by atoms with Crippen LogP contribution in [0, 0.1) is 12.8 Å². The van der Waals surface area contributed by atoms with Gasteiger partial charge in [-0.2, -0.15) is 0 Å². The van der Waals surface area contributed by atoms with Gasteiger partial charge in [0.05, 0.1) is 5.92 Å². The number of nitrogens with zero attached hydrogens (tertiary/aromatic N) is 1. The largest absolute Gasteiger partial charge is 0.461 e. The Hall–Kier alpha value is -1.81. The summed E-state index contributed by atoms with van der Waals surface area (Å²) in [6, 6.07) is 7.94. The minimum absolute atomic E-state index is 0.132. The molecular weight excluding hydrogens is 264 g/mol. The van der Waals surface area contributed by atoms with E-state index in [0.717, 1.165) is 35.4 Å². The van der Waals surface area contributed by atoms with Crippen LogP contribution < -0.4 is 5.73 Å². The molecule has 0 aliphatic carbocycles. The number of aryl methyl sites for hydroxylation is 1. The number of hydrogen-bond acceptors (Lipinski definition) is 3. The summed E-state index contributed by atoms with van der Waals surface area (Å²) in [5, 5.41) is 1.08. The first-order chi connectivity index (χ1) is 10.1. The van der Waals surface area contributed by atoms with Gasteiger partial charge >= 0.3 is 0 Å². The Kier molecular flexibility index (Phi) is 5.02. The highest BCUT2D eigenvalue weighted by molar-refractivity contribution is 5.84. The summed E-state index contributed by atoms with van der Waals surface area (Å²) in [6.45, 7) is 7.73. The molecular formula is C17H24N2O2. The molecule has 2 aromatic rings. The summed E-state index contributed by atoms with van der Waals surface area (Å²) in [5.41, 5.74) is 7.82. The van der Waals surface area contributed by atoms with Gasteiger partial charge in [0.2, 0.25) is 5.91 Å². The minimum atomic E-state index is -0.190. The molecule has 0 aliphatic rings. The second-order valence-corrected chi connectivity index (χ2v) is 5.28. The quantitative estimate of drug-likeness (QED) is 0.889. The average molecular weight is 288 g/mol. The van der Waals surface area contributed by atoms with Crippen LogP contribution >= 0.6 is 0 Å². The molecule has 0 saturated heterocycles. The normalized spacial score (nSPS) is 12.6. The van der Waals surface area contributed by atoms with Crippen molar-refractivity contribution in [1.29, 1.82) is 0 Å². The third kappa shape index (κ3) is 3.10. The highest BCUT2D eigenvalue weighted by Crippen LogP contribution is 2.27. The highest BCUT2D eigenvalue weighted by Gasteiger charge is 2.24. The molecule has 1 atom stereocenters. The van der Waals surface area contributed by atoms with Crippen molar-refractivity contribution in [3.05, 3.63) is 35.6 Å². The van der Waals surface area contributed by atoms with Gasteiger partial charge in [-0.15, -0.1) is 0 Å². The molecule has 0 spiro atoms. The summed E-state index contributed by atoms with van der Waals surface area (Å²) in [7, 11) is 0. The van der Waals surface area contributed by atoms with Gasteiger partial charge in [0.15, 0.2) is 0 Å². The van der Waals surface area contributed by atoms with Gasteiger partial charge in [0.1, 0.15) is 11.3 Å². The monoisotopic (exact) mass is 288 g/mol. The van der Waals surface area contributed by atoms with E-state index in [1.165, 1.54) is 0 Å². The van der Waals surface area contributed by atoms with E-state index < -0.39 is 0 Å². The lowest BCUT2D eigenvalue weighted by Crippen LogP contribution is -2.40. The van der Waals surface area contributed by atoms with Gasteiger partial charge in [0, 0.05) is 30.6 Å². The van der Waals surface area contributed by atoms with Crippen molar-refractivity contribution in [1.82, 2.24) is 4.90 Å². The Bertz CT molecular complexity index is 614. The van der Waals surface area contributed by atoms with Crippen molar-refractivity contribution in [2.45, 2.75) is 27.2 Å². The summed E-state index contributed by atoms with van der Waals surface area (Å²) >= 11 is 0. The van der Waals surface area contributed by atoms with Crippen molar-refractivity contribution in [2.24, 2.45) is 11.7 Å². The molecule has 1 aromatic carbocycles. The predicted molar refractivity (Wildman–Crippen MR) is 85.1 cm³/mol. The van der Waals surface area contributed by atoms with E-state index in [4.69, 9.17) is 10.2 Å². The fourth-order valence-electron chi connectivity index (χ4n) is 2.79. The van der Waals surface area contributed by atoms with Crippen LogP contribution in [0.4, 0.5) is 0 Å². The molecule has 4 nitrogen and oxygen atoms in total. The van der Waals surface area contributed by atoms with E-state index in [2.05, 4.69) is 0 Å². The minimum Gasteiger partial charge on any atom is -0.461 e. The fraction of sp³-hybridized carbons (Fsp3) is 0.471. The SMILES string of the molecule is CCN(CC)C(=O)C(CN)Cc1c(C)oc2ccccc12. The lowest BCUT2D eigenvalue weighted by Gasteiger charge is -2.24. The van der Waals surface area contributed by atoms with E-state index in [1.807, 2.05) is 49.9 Å². The van der Waals surface area contributed by atoms with Crippen LogP contribution in [-0.4, -0.2) is 30.4 Å². The van der Waals surface area contributed by atoms with Crippen LogP contribution in [-0.2, 0) is 11.2 Å². The zero-order chi connectivity index (χ0) is 15.4. The number of rotatable bonds is 6. The van der Waals surface area contributed by atoms with Crippen molar-refractivity contribution >= 4 is 16.9 Å². The summed E-state index contributed by atoms with van der Waals surface area (Å²) in [5.74, 6) is 0.818. The van der Waals surface area contributed by atoms with E-state index in [0.29, 0.717) is 13.0 Å². The van der Waals surface area contributed by atoms with Gasteiger partial charge in [-0.1, -0.05) is 18.2 Å². The smallest absolute Gasteiger partial charge is 0.227 e. The molecule has 2 rings (SSSR count). The second kappa shape index (κ2) is 6.76. The van der Waals surface area contributed by atoms with Crippen molar-refractivity contribution in [3.8, 4) is 0 Å². The first-order valence-electron chi connectivity index (χ1n) is 7.58. The molecule has 1 unspecified atom stereocenters. The third-order valence-electron chi connectivity index (χ3n) is 4.06. The van der Waals surface area contributed by atoms with Crippen molar-refractivity contribution in [3.63, 3.8) is 0 Å².